The summed E-state index contributed by atoms with van der Waals surface area (Å²) in [7, 11) is 0. The van der Waals surface area contributed by atoms with Crippen molar-refractivity contribution < 1.29 is 4.79 Å². The van der Waals surface area contributed by atoms with Gasteiger partial charge in [-0.3, -0.25) is 4.79 Å². The fraction of sp³-hybridized carbons (Fsp3) is 0.533. The van der Waals surface area contributed by atoms with E-state index in [1.165, 1.54) is 24.8 Å². The molecule has 1 heteroatoms. The molecule has 1 aromatic rings. The number of ketones is 1. The largest absolute Gasteiger partial charge is 0.294 e. The second kappa shape index (κ2) is 3.73. The zero-order valence-corrected chi connectivity index (χ0v) is 9.78. The van der Waals surface area contributed by atoms with Gasteiger partial charge in [0.05, 0.1) is 0 Å². The van der Waals surface area contributed by atoms with Crippen molar-refractivity contribution in [3.8, 4) is 0 Å². The van der Waals surface area contributed by atoms with Gasteiger partial charge in [-0.05, 0) is 44.1 Å². The van der Waals surface area contributed by atoms with E-state index in [0.29, 0.717) is 17.6 Å². The van der Waals surface area contributed by atoms with Crippen molar-refractivity contribution in [2.45, 2.75) is 32.6 Å². The molecule has 2 fully saturated rings. The molecule has 0 aromatic heterocycles. The molecule has 84 valence electrons. The molecule has 3 atom stereocenters. The molecule has 1 nitrogen and oxygen atoms in total. The number of fused-ring (bicyclic) bond motifs is 2. The summed E-state index contributed by atoms with van der Waals surface area (Å²) >= 11 is 0. The Morgan fingerprint density at radius 1 is 1.25 bits per heavy atom. The Hall–Kier alpha value is -1.11. The van der Waals surface area contributed by atoms with E-state index in [2.05, 4.69) is 13.0 Å². The number of benzene rings is 1. The Bertz CT molecular complexity index is 421. The normalized spacial score (nSPS) is 31.9. The Kier molecular flexibility index (Phi) is 2.34. The average Bonchev–Trinajstić information content (AvgIpc) is 2.89. The number of aryl methyl sites for hydroxylation is 1. The molecular weight excluding hydrogens is 196 g/mol. The maximum Gasteiger partial charge on any atom is 0.166 e. The van der Waals surface area contributed by atoms with E-state index < -0.39 is 0 Å². The Morgan fingerprint density at radius 3 is 2.75 bits per heavy atom. The van der Waals surface area contributed by atoms with Crippen LogP contribution < -0.4 is 0 Å². The molecule has 2 saturated carbocycles. The van der Waals surface area contributed by atoms with Gasteiger partial charge >= 0.3 is 0 Å². The van der Waals surface area contributed by atoms with E-state index in [1.807, 2.05) is 18.2 Å². The molecule has 0 amide bonds. The molecule has 0 aliphatic heterocycles. The van der Waals surface area contributed by atoms with Crippen LogP contribution in [0.1, 0.15) is 41.6 Å². The number of carbonyl (C=O) groups excluding carboxylic acids is 1. The SMILES string of the molecule is Cc1cccc(C(=O)C2CC3CCC2C3)c1. The van der Waals surface area contributed by atoms with Crippen LogP contribution in [-0.4, -0.2) is 5.78 Å². The van der Waals surface area contributed by atoms with Crippen molar-refractivity contribution in [3.63, 3.8) is 0 Å². The maximum atomic E-state index is 12.4. The monoisotopic (exact) mass is 214 g/mol. The lowest BCUT2D eigenvalue weighted by Gasteiger charge is -2.20. The number of hydrogen-bond donors (Lipinski definition) is 0. The third-order valence-corrected chi connectivity index (χ3v) is 4.38. The Labute approximate surface area is 96.9 Å². The van der Waals surface area contributed by atoms with Gasteiger partial charge in [-0.1, -0.05) is 30.2 Å². The van der Waals surface area contributed by atoms with Crippen LogP contribution >= 0.6 is 0 Å². The molecule has 2 bridgehead atoms. The fourth-order valence-corrected chi connectivity index (χ4v) is 3.58. The summed E-state index contributed by atoms with van der Waals surface area (Å²) in [4.78, 5) is 12.4. The van der Waals surface area contributed by atoms with Gasteiger partial charge < -0.3 is 0 Å². The first-order valence-electron chi connectivity index (χ1n) is 6.35. The molecule has 3 rings (SSSR count). The predicted molar refractivity (Wildman–Crippen MR) is 64.4 cm³/mol. The molecule has 1 aromatic carbocycles. The highest BCUT2D eigenvalue weighted by molar-refractivity contribution is 5.98. The summed E-state index contributed by atoms with van der Waals surface area (Å²) < 4.78 is 0. The van der Waals surface area contributed by atoms with Crippen LogP contribution in [0.4, 0.5) is 0 Å². The number of hydrogen-bond acceptors (Lipinski definition) is 1. The zero-order chi connectivity index (χ0) is 11.1. The minimum atomic E-state index is 0.334. The van der Waals surface area contributed by atoms with Crippen LogP contribution in [0.3, 0.4) is 0 Å². The Balaban J connectivity index is 1.83. The second-order valence-corrected chi connectivity index (χ2v) is 5.52. The topological polar surface area (TPSA) is 17.1 Å². The summed E-state index contributed by atoms with van der Waals surface area (Å²) in [5.74, 6) is 2.28. The van der Waals surface area contributed by atoms with E-state index in [0.717, 1.165) is 17.9 Å². The van der Waals surface area contributed by atoms with Crippen LogP contribution in [0, 0.1) is 24.7 Å². The molecule has 2 aliphatic rings. The lowest BCUT2D eigenvalue weighted by atomic mass is 9.83. The fourth-order valence-electron chi connectivity index (χ4n) is 3.58. The molecule has 0 radical (unpaired) electrons. The molecule has 0 spiro atoms. The van der Waals surface area contributed by atoms with Crippen molar-refractivity contribution in [2.24, 2.45) is 17.8 Å². The van der Waals surface area contributed by atoms with Gasteiger partial charge in [0.2, 0.25) is 0 Å². The smallest absolute Gasteiger partial charge is 0.166 e. The lowest BCUT2D eigenvalue weighted by Crippen LogP contribution is -2.21. The molecule has 0 saturated heterocycles. The predicted octanol–water partition coefficient (Wildman–Crippen LogP) is 3.61. The van der Waals surface area contributed by atoms with Crippen LogP contribution in [0.25, 0.3) is 0 Å². The van der Waals surface area contributed by atoms with Crippen LogP contribution in [-0.2, 0) is 0 Å². The molecule has 16 heavy (non-hydrogen) atoms. The van der Waals surface area contributed by atoms with Gasteiger partial charge in [0.25, 0.3) is 0 Å². The van der Waals surface area contributed by atoms with E-state index in [1.54, 1.807) is 0 Å². The summed E-state index contributed by atoms with van der Waals surface area (Å²) in [5.41, 5.74) is 2.12. The maximum absolute atomic E-state index is 12.4. The molecule has 2 aliphatic carbocycles. The molecule has 0 heterocycles. The first-order chi connectivity index (χ1) is 7.74. The second-order valence-electron chi connectivity index (χ2n) is 5.52. The minimum absolute atomic E-state index is 0.334. The Morgan fingerprint density at radius 2 is 2.12 bits per heavy atom. The average molecular weight is 214 g/mol. The first-order valence-corrected chi connectivity index (χ1v) is 6.35. The summed E-state index contributed by atoms with van der Waals surface area (Å²) in [6.07, 6.45) is 5.11. The van der Waals surface area contributed by atoms with E-state index in [4.69, 9.17) is 0 Å². The van der Waals surface area contributed by atoms with E-state index >= 15 is 0 Å². The lowest BCUT2D eigenvalue weighted by molar-refractivity contribution is 0.0874. The van der Waals surface area contributed by atoms with Crippen LogP contribution in [0.15, 0.2) is 24.3 Å². The van der Waals surface area contributed by atoms with Crippen molar-refractivity contribution in [1.82, 2.24) is 0 Å². The van der Waals surface area contributed by atoms with Gasteiger partial charge in [0, 0.05) is 11.5 Å². The quantitative estimate of drug-likeness (QED) is 0.687. The summed E-state index contributed by atoms with van der Waals surface area (Å²) in [5, 5.41) is 0. The number of carbonyl (C=O) groups is 1. The molecule has 0 N–H and O–H groups in total. The van der Waals surface area contributed by atoms with Gasteiger partial charge in [-0.15, -0.1) is 0 Å². The van der Waals surface area contributed by atoms with E-state index in [9.17, 15) is 4.79 Å². The molecule has 3 unspecified atom stereocenters. The van der Waals surface area contributed by atoms with Gasteiger partial charge in [-0.2, -0.15) is 0 Å². The first kappa shape index (κ1) is 10.1. The van der Waals surface area contributed by atoms with Crippen LogP contribution in [0.5, 0.6) is 0 Å². The van der Waals surface area contributed by atoms with Crippen LogP contribution in [0.2, 0.25) is 0 Å². The highest BCUT2D eigenvalue weighted by atomic mass is 16.1. The highest BCUT2D eigenvalue weighted by Gasteiger charge is 2.42. The standard InChI is InChI=1S/C15H18O/c1-10-3-2-4-13(7-10)15(16)14-9-11-5-6-12(14)8-11/h2-4,7,11-12,14H,5-6,8-9H2,1H3. The van der Waals surface area contributed by atoms with Gasteiger partial charge in [-0.25, -0.2) is 0 Å². The van der Waals surface area contributed by atoms with Crippen molar-refractivity contribution in [3.05, 3.63) is 35.4 Å². The van der Waals surface area contributed by atoms with E-state index in [-0.39, 0.29) is 0 Å². The van der Waals surface area contributed by atoms with Crippen molar-refractivity contribution in [1.29, 1.82) is 0 Å². The summed E-state index contributed by atoms with van der Waals surface area (Å²) in [6, 6.07) is 8.06. The zero-order valence-electron chi connectivity index (χ0n) is 9.78. The number of Topliss-reactive ketones (excluding diaryl/α,β-unsaturated/α-hetero) is 1. The van der Waals surface area contributed by atoms with Gasteiger partial charge in [0.15, 0.2) is 5.78 Å². The number of rotatable bonds is 2. The van der Waals surface area contributed by atoms with Crippen molar-refractivity contribution in [2.75, 3.05) is 0 Å². The third-order valence-electron chi connectivity index (χ3n) is 4.38. The van der Waals surface area contributed by atoms with Gasteiger partial charge in [0.1, 0.15) is 0 Å². The third kappa shape index (κ3) is 1.59. The summed E-state index contributed by atoms with van der Waals surface area (Å²) in [6.45, 7) is 2.05. The van der Waals surface area contributed by atoms with Crippen molar-refractivity contribution >= 4 is 5.78 Å². The highest BCUT2D eigenvalue weighted by Crippen LogP contribution is 2.49. The molecular formula is C15H18O. The minimum Gasteiger partial charge on any atom is -0.294 e.